The van der Waals surface area contributed by atoms with Crippen molar-refractivity contribution in [1.29, 1.82) is 0 Å². The molecular formula is C14H19N3O2. The maximum absolute atomic E-state index is 12.5. The largest absolute Gasteiger partial charge is 0.342 e. The van der Waals surface area contributed by atoms with Crippen molar-refractivity contribution in [2.24, 2.45) is 0 Å². The molecule has 0 aliphatic carbocycles. The molecule has 0 spiro atoms. The van der Waals surface area contributed by atoms with Crippen molar-refractivity contribution < 1.29 is 9.59 Å². The van der Waals surface area contributed by atoms with Crippen LogP contribution in [-0.4, -0.2) is 55.0 Å². The van der Waals surface area contributed by atoms with Gasteiger partial charge in [-0.2, -0.15) is 0 Å². The molecule has 1 aliphatic rings. The number of para-hydroxylation sites is 1. The van der Waals surface area contributed by atoms with Gasteiger partial charge in [-0.3, -0.25) is 9.69 Å². The van der Waals surface area contributed by atoms with Crippen LogP contribution in [-0.2, 0) is 4.79 Å². The van der Waals surface area contributed by atoms with Crippen LogP contribution in [0.15, 0.2) is 30.3 Å². The zero-order valence-corrected chi connectivity index (χ0v) is 11.2. The van der Waals surface area contributed by atoms with E-state index in [1.165, 1.54) is 0 Å². The van der Waals surface area contributed by atoms with Crippen LogP contribution in [0.1, 0.15) is 6.92 Å². The minimum Gasteiger partial charge on any atom is -0.342 e. The number of carbonyl (C=O) groups excluding carboxylic acids is 2. The van der Waals surface area contributed by atoms with Crippen LogP contribution in [0, 0.1) is 0 Å². The lowest BCUT2D eigenvalue weighted by Gasteiger charge is -2.35. The molecular weight excluding hydrogens is 242 g/mol. The topological polar surface area (TPSA) is 43.9 Å². The minimum atomic E-state index is 0.0132. The van der Waals surface area contributed by atoms with Gasteiger partial charge in [0.15, 0.2) is 0 Å². The third kappa shape index (κ3) is 3.05. The lowest BCUT2D eigenvalue weighted by atomic mass is 10.3. The van der Waals surface area contributed by atoms with E-state index in [1.54, 1.807) is 14.7 Å². The molecule has 1 saturated heterocycles. The van der Waals surface area contributed by atoms with E-state index in [1.807, 2.05) is 37.3 Å². The van der Waals surface area contributed by atoms with Crippen molar-refractivity contribution >= 4 is 18.1 Å². The molecule has 5 nitrogen and oxygen atoms in total. The molecule has 0 bridgehead atoms. The van der Waals surface area contributed by atoms with Gasteiger partial charge in [0, 0.05) is 38.4 Å². The van der Waals surface area contributed by atoms with E-state index in [4.69, 9.17) is 0 Å². The van der Waals surface area contributed by atoms with E-state index >= 15 is 0 Å². The Bertz CT molecular complexity index is 428. The molecule has 0 unspecified atom stereocenters. The molecule has 19 heavy (non-hydrogen) atoms. The fourth-order valence-electron chi connectivity index (χ4n) is 2.23. The summed E-state index contributed by atoms with van der Waals surface area (Å²) >= 11 is 0. The number of hydrogen-bond donors (Lipinski definition) is 0. The number of anilines is 1. The summed E-state index contributed by atoms with van der Waals surface area (Å²) in [7, 11) is 0. The van der Waals surface area contributed by atoms with Gasteiger partial charge in [-0.1, -0.05) is 18.2 Å². The van der Waals surface area contributed by atoms with Gasteiger partial charge in [-0.25, -0.2) is 4.79 Å². The zero-order chi connectivity index (χ0) is 13.7. The van der Waals surface area contributed by atoms with Crippen LogP contribution < -0.4 is 4.90 Å². The van der Waals surface area contributed by atoms with E-state index in [0.717, 1.165) is 12.1 Å². The van der Waals surface area contributed by atoms with Crippen molar-refractivity contribution in [1.82, 2.24) is 9.80 Å². The molecule has 2 rings (SSSR count). The first-order chi connectivity index (χ1) is 9.26. The number of benzene rings is 1. The molecule has 1 aliphatic heterocycles. The van der Waals surface area contributed by atoms with Gasteiger partial charge in [-0.15, -0.1) is 0 Å². The van der Waals surface area contributed by atoms with Gasteiger partial charge in [0.25, 0.3) is 0 Å². The summed E-state index contributed by atoms with van der Waals surface area (Å²) < 4.78 is 0. The molecule has 102 valence electrons. The van der Waals surface area contributed by atoms with Gasteiger partial charge in [0.2, 0.25) is 6.41 Å². The Morgan fingerprint density at radius 2 is 1.84 bits per heavy atom. The molecule has 0 radical (unpaired) electrons. The number of urea groups is 1. The monoisotopic (exact) mass is 261 g/mol. The lowest BCUT2D eigenvalue weighted by molar-refractivity contribution is -0.119. The quantitative estimate of drug-likeness (QED) is 0.772. The highest BCUT2D eigenvalue weighted by atomic mass is 16.2. The maximum atomic E-state index is 12.5. The fraction of sp³-hybridized carbons (Fsp3) is 0.429. The Morgan fingerprint density at radius 3 is 2.37 bits per heavy atom. The predicted octanol–water partition coefficient (Wildman–Crippen LogP) is 1.41. The lowest BCUT2D eigenvalue weighted by Crippen LogP contribution is -2.52. The van der Waals surface area contributed by atoms with Gasteiger partial charge >= 0.3 is 6.03 Å². The zero-order valence-electron chi connectivity index (χ0n) is 11.2. The highest BCUT2D eigenvalue weighted by molar-refractivity contribution is 5.92. The van der Waals surface area contributed by atoms with Crippen LogP contribution in [0.3, 0.4) is 0 Å². The number of piperazine rings is 1. The number of hydrogen-bond acceptors (Lipinski definition) is 2. The summed E-state index contributed by atoms with van der Waals surface area (Å²) in [4.78, 5) is 28.4. The van der Waals surface area contributed by atoms with Crippen molar-refractivity contribution in [3.8, 4) is 0 Å². The highest BCUT2D eigenvalue weighted by Crippen LogP contribution is 2.16. The van der Waals surface area contributed by atoms with Crippen molar-refractivity contribution in [2.45, 2.75) is 6.92 Å². The second kappa shape index (κ2) is 6.22. The Kier molecular flexibility index (Phi) is 4.39. The first kappa shape index (κ1) is 13.4. The molecule has 0 saturated carbocycles. The van der Waals surface area contributed by atoms with Gasteiger partial charge < -0.3 is 9.80 Å². The molecule has 1 heterocycles. The summed E-state index contributed by atoms with van der Waals surface area (Å²) in [6, 6.07) is 9.67. The van der Waals surface area contributed by atoms with E-state index in [0.29, 0.717) is 32.7 Å². The Labute approximate surface area is 113 Å². The van der Waals surface area contributed by atoms with Crippen LogP contribution >= 0.6 is 0 Å². The number of amides is 3. The standard InChI is InChI=1S/C14H19N3O2/c1-2-17(13-6-4-3-5-7-13)14(19)16-10-8-15(12-18)9-11-16/h3-7,12H,2,8-11H2,1H3. The number of nitrogens with zero attached hydrogens (tertiary/aromatic N) is 3. The summed E-state index contributed by atoms with van der Waals surface area (Å²) in [5.41, 5.74) is 0.910. The van der Waals surface area contributed by atoms with Crippen molar-refractivity contribution in [3.05, 3.63) is 30.3 Å². The molecule has 0 atom stereocenters. The van der Waals surface area contributed by atoms with E-state index in [2.05, 4.69) is 0 Å². The Morgan fingerprint density at radius 1 is 1.21 bits per heavy atom. The first-order valence-corrected chi connectivity index (χ1v) is 6.57. The smallest absolute Gasteiger partial charge is 0.324 e. The van der Waals surface area contributed by atoms with Crippen LogP contribution in [0.5, 0.6) is 0 Å². The summed E-state index contributed by atoms with van der Waals surface area (Å²) in [6.45, 7) is 5.02. The third-order valence-corrected chi connectivity index (χ3v) is 3.35. The number of carbonyl (C=O) groups is 2. The SMILES string of the molecule is CCN(C(=O)N1CCN(C=O)CC1)c1ccccc1. The molecule has 1 fully saturated rings. The highest BCUT2D eigenvalue weighted by Gasteiger charge is 2.24. The van der Waals surface area contributed by atoms with Gasteiger partial charge in [-0.05, 0) is 19.1 Å². The summed E-state index contributed by atoms with van der Waals surface area (Å²) in [5, 5.41) is 0. The molecule has 5 heteroatoms. The molecule has 3 amide bonds. The minimum absolute atomic E-state index is 0.0132. The molecule has 0 aromatic heterocycles. The molecule has 1 aromatic carbocycles. The van der Waals surface area contributed by atoms with Crippen LogP contribution in [0.2, 0.25) is 0 Å². The molecule has 1 aromatic rings. The predicted molar refractivity (Wildman–Crippen MR) is 74.1 cm³/mol. The first-order valence-electron chi connectivity index (χ1n) is 6.57. The van der Waals surface area contributed by atoms with E-state index in [9.17, 15) is 9.59 Å². The van der Waals surface area contributed by atoms with Crippen molar-refractivity contribution in [3.63, 3.8) is 0 Å². The van der Waals surface area contributed by atoms with E-state index in [-0.39, 0.29) is 6.03 Å². The van der Waals surface area contributed by atoms with Crippen LogP contribution in [0.25, 0.3) is 0 Å². The summed E-state index contributed by atoms with van der Waals surface area (Å²) in [6.07, 6.45) is 0.844. The van der Waals surface area contributed by atoms with Gasteiger partial charge in [0.05, 0.1) is 0 Å². The Balaban J connectivity index is 2.04. The Hall–Kier alpha value is -2.04. The van der Waals surface area contributed by atoms with Crippen LogP contribution in [0.4, 0.5) is 10.5 Å². The molecule has 0 N–H and O–H groups in total. The second-order valence-corrected chi connectivity index (χ2v) is 4.49. The third-order valence-electron chi connectivity index (χ3n) is 3.35. The fourth-order valence-corrected chi connectivity index (χ4v) is 2.23. The average Bonchev–Trinajstić information content (AvgIpc) is 2.49. The van der Waals surface area contributed by atoms with Crippen molar-refractivity contribution in [2.75, 3.05) is 37.6 Å². The van der Waals surface area contributed by atoms with E-state index < -0.39 is 0 Å². The average molecular weight is 261 g/mol. The summed E-state index contributed by atoms with van der Waals surface area (Å²) in [5.74, 6) is 0. The maximum Gasteiger partial charge on any atom is 0.324 e. The normalized spacial score (nSPS) is 15.2. The van der Waals surface area contributed by atoms with Gasteiger partial charge in [0.1, 0.15) is 0 Å². The number of rotatable bonds is 3. The second-order valence-electron chi connectivity index (χ2n) is 4.49.